The summed E-state index contributed by atoms with van der Waals surface area (Å²) in [5.74, 6) is 0.890. The van der Waals surface area contributed by atoms with Crippen LogP contribution >= 0.6 is 11.9 Å². The third-order valence-electron chi connectivity index (χ3n) is 3.31. The van der Waals surface area contributed by atoms with E-state index in [0.717, 1.165) is 30.8 Å². The molecule has 0 unspecified atom stereocenters. The first-order chi connectivity index (χ1) is 10.8. The topological polar surface area (TPSA) is 64.0 Å². The first-order valence-corrected chi connectivity index (χ1v) is 8.16. The van der Waals surface area contributed by atoms with Crippen molar-refractivity contribution in [1.82, 2.24) is 25.3 Å². The van der Waals surface area contributed by atoms with Crippen molar-refractivity contribution in [2.24, 2.45) is 0 Å². The van der Waals surface area contributed by atoms with E-state index < -0.39 is 0 Å². The summed E-state index contributed by atoms with van der Waals surface area (Å²) in [5, 5.41) is 8.15. The lowest BCUT2D eigenvalue weighted by Gasteiger charge is -2.07. The second kappa shape index (κ2) is 7.33. The van der Waals surface area contributed by atoms with Crippen LogP contribution in [0.15, 0.2) is 36.7 Å². The van der Waals surface area contributed by atoms with Crippen LogP contribution in [-0.2, 0) is 13.0 Å². The molecule has 0 bridgehead atoms. The minimum Gasteiger partial charge on any atom is -0.494 e. The van der Waals surface area contributed by atoms with Gasteiger partial charge in [-0.2, -0.15) is 4.83 Å². The van der Waals surface area contributed by atoms with E-state index in [1.165, 1.54) is 10.5 Å². The van der Waals surface area contributed by atoms with Gasteiger partial charge in [-0.05, 0) is 36.1 Å². The second-order valence-corrected chi connectivity index (χ2v) is 5.76. The van der Waals surface area contributed by atoms with Gasteiger partial charge in [0.2, 0.25) is 0 Å². The normalized spacial score (nSPS) is 13.8. The molecule has 0 atom stereocenters. The maximum Gasteiger partial charge on any atom is 0.119 e. The van der Waals surface area contributed by atoms with Gasteiger partial charge < -0.3 is 10.2 Å². The largest absolute Gasteiger partial charge is 0.494 e. The summed E-state index contributed by atoms with van der Waals surface area (Å²) in [5.41, 5.74) is 5.15. The summed E-state index contributed by atoms with van der Waals surface area (Å²) in [6, 6.07) is 8.13. The molecule has 22 heavy (non-hydrogen) atoms. The fourth-order valence-corrected chi connectivity index (χ4v) is 2.69. The molecule has 2 aromatic rings. The van der Waals surface area contributed by atoms with Crippen molar-refractivity contribution in [2.75, 3.05) is 6.61 Å². The monoisotopic (exact) mass is 317 g/mol. The lowest BCUT2D eigenvalue weighted by molar-refractivity contribution is 0.298. The van der Waals surface area contributed by atoms with Crippen molar-refractivity contribution >= 4 is 16.9 Å². The number of nitrogens with zero attached hydrogens (tertiary/aromatic N) is 3. The number of benzene rings is 1. The average Bonchev–Trinajstić information content (AvgIpc) is 3.23. The Morgan fingerprint density at radius 2 is 2.14 bits per heavy atom. The Bertz CT molecular complexity index is 638. The Labute approximate surface area is 134 Å². The van der Waals surface area contributed by atoms with Crippen molar-refractivity contribution in [3.63, 3.8) is 0 Å². The summed E-state index contributed by atoms with van der Waals surface area (Å²) < 4.78 is 7.63. The Balaban J connectivity index is 1.43. The van der Waals surface area contributed by atoms with Gasteiger partial charge in [0.1, 0.15) is 5.75 Å². The molecule has 0 saturated heterocycles. The molecule has 0 spiro atoms. The van der Waals surface area contributed by atoms with E-state index in [0.29, 0.717) is 6.61 Å². The minimum absolute atomic E-state index is 0.668. The van der Waals surface area contributed by atoms with Crippen molar-refractivity contribution in [3.8, 4) is 5.75 Å². The number of ether oxygens (including phenoxy) is 1. The third-order valence-corrected chi connectivity index (χ3v) is 4.10. The maximum absolute atomic E-state index is 5.76. The molecule has 1 aliphatic heterocycles. The highest BCUT2D eigenvalue weighted by Crippen LogP contribution is 2.28. The summed E-state index contributed by atoms with van der Waals surface area (Å²) >= 11 is 1.57. The fraction of sp³-hybridized carbons (Fsp3) is 0.333. The zero-order valence-corrected chi connectivity index (χ0v) is 13.3. The summed E-state index contributed by atoms with van der Waals surface area (Å²) in [6.07, 6.45) is 5.76. The number of hydrogen-bond acceptors (Lipinski definition) is 6. The molecule has 0 fully saturated rings. The Morgan fingerprint density at radius 3 is 2.82 bits per heavy atom. The lowest BCUT2D eigenvalue weighted by atomic mass is 10.2. The zero-order valence-electron chi connectivity index (χ0n) is 12.5. The van der Waals surface area contributed by atoms with Crippen molar-refractivity contribution in [1.29, 1.82) is 0 Å². The van der Waals surface area contributed by atoms with E-state index in [4.69, 9.17) is 4.74 Å². The van der Waals surface area contributed by atoms with Crippen molar-refractivity contribution in [3.05, 3.63) is 47.9 Å². The first-order valence-electron chi connectivity index (χ1n) is 7.35. The molecule has 0 aliphatic carbocycles. The number of aromatic nitrogens is 3. The molecule has 2 heterocycles. The highest BCUT2D eigenvalue weighted by Gasteiger charge is 2.07. The van der Waals surface area contributed by atoms with Gasteiger partial charge in [-0.25, -0.2) is 0 Å². The van der Waals surface area contributed by atoms with Crippen LogP contribution < -0.4 is 15.0 Å². The molecule has 2 N–H and O–H groups in total. The van der Waals surface area contributed by atoms with Gasteiger partial charge in [-0.1, -0.05) is 24.3 Å². The Hall–Kier alpha value is -1.99. The molecule has 0 amide bonds. The summed E-state index contributed by atoms with van der Waals surface area (Å²) in [4.78, 5) is 4.15. The lowest BCUT2D eigenvalue weighted by Crippen LogP contribution is -2.11. The minimum atomic E-state index is 0.668. The molecular weight excluding hydrogens is 298 g/mol. The van der Waals surface area contributed by atoms with Gasteiger partial charge in [0.05, 0.1) is 12.3 Å². The van der Waals surface area contributed by atoms with E-state index in [-0.39, 0.29) is 0 Å². The number of nitrogens with one attached hydrogen (secondary N) is 2. The SMILES string of the molecule is CCc1cn(CCCOc2ccc(C3=CNNS3)cc2)nn1. The van der Waals surface area contributed by atoms with Crippen LogP contribution in [0.25, 0.3) is 4.91 Å². The van der Waals surface area contributed by atoms with Crippen molar-refractivity contribution in [2.45, 2.75) is 26.3 Å². The van der Waals surface area contributed by atoms with E-state index in [1.54, 1.807) is 11.9 Å². The summed E-state index contributed by atoms with van der Waals surface area (Å²) in [6.45, 7) is 3.57. The van der Waals surface area contributed by atoms with Crippen LogP contribution in [0.2, 0.25) is 0 Å². The van der Waals surface area contributed by atoms with Crippen LogP contribution in [0.4, 0.5) is 0 Å². The molecule has 1 aliphatic rings. The molecule has 116 valence electrons. The molecule has 0 saturated carbocycles. The van der Waals surface area contributed by atoms with Crippen LogP contribution in [-0.4, -0.2) is 21.6 Å². The van der Waals surface area contributed by atoms with E-state index in [1.807, 2.05) is 29.2 Å². The molecule has 1 aromatic carbocycles. The predicted molar refractivity (Wildman–Crippen MR) is 87.8 cm³/mol. The fourth-order valence-electron chi connectivity index (χ4n) is 2.09. The van der Waals surface area contributed by atoms with Gasteiger partial charge >= 0.3 is 0 Å². The first kappa shape index (κ1) is 14.9. The van der Waals surface area contributed by atoms with Gasteiger partial charge in [0.15, 0.2) is 0 Å². The molecule has 7 heteroatoms. The predicted octanol–water partition coefficient (Wildman–Crippen LogP) is 2.36. The summed E-state index contributed by atoms with van der Waals surface area (Å²) in [7, 11) is 0. The van der Waals surface area contributed by atoms with E-state index in [2.05, 4.69) is 39.6 Å². The number of hydrogen-bond donors (Lipinski definition) is 2. The van der Waals surface area contributed by atoms with Crippen LogP contribution in [0.3, 0.4) is 0 Å². The molecule has 0 radical (unpaired) electrons. The maximum atomic E-state index is 5.76. The van der Waals surface area contributed by atoms with Crippen molar-refractivity contribution < 1.29 is 4.74 Å². The quantitative estimate of drug-likeness (QED) is 0.604. The molecular formula is C15H19N5OS. The van der Waals surface area contributed by atoms with Gasteiger partial charge in [-0.3, -0.25) is 4.68 Å². The zero-order chi connectivity index (χ0) is 15.2. The Morgan fingerprint density at radius 1 is 1.27 bits per heavy atom. The van der Waals surface area contributed by atoms with Gasteiger partial charge in [0.25, 0.3) is 0 Å². The standard InChI is InChI=1S/C15H19N5OS/c1-2-13-11-20(18-17-13)8-3-9-21-14-6-4-12(5-7-14)15-10-16-19-22-15/h4-7,10-11,16,19H,2-3,8-9H2,1H3. The smallest absolute Gasteiger partial charge is 0.119 e. The van der Waals surface area contributed by atoms with E-state index >= 15 is 0 Å². The number of hydrazine groups is 1. The second-order valence-electron chi connectivity index (χ2n) is 4.91. The highest BCUT2D eigenvalue weighted by atomic mass is 32.2. The molecule has 3 rings (SSSR count). The van der Waals surface area contributed by atoms with Gasteiger partial charge in [0, 0.05) is 30.3 Å². The average molecular weight is 317 g/mol. The van der Waals surface area contributed by atoms with Crippen LogP contribution in [0.5, 0.6) is 5.75 Å². The number of rotatable bonds is 7. The molecule has 6 nitrogen and oxygen atoms in total. The Kier molecular flexibility index (Phi) is 4.97. The van der Waals surface area contributed by atoms with E-state index in [9.17, 15) is 0 Å². The van der Waals surface area contributed by atoms with Gasteiger partial charge in [-0.15, -0.1) is 5.10 Å². The number of aryl methyl sites for hydroxylation is 2. The van der Waals surface area contributed by atoms with Crippen LogP contribution in [0, 0.1) is 0 Å². The van der Waals surface area contributed by atoms with Crippen LogP contribution in [0.1, 0.15) is 24.6 Å². The highest BCUT2D eigenvalue weighted by molar-refractivity contribution is 8.06. The third kappa shape index (κ3) is 3.80. The molecule has 1 aromatic heterocycles.